The standard InChI is InChI=1S/C21H40O2/c1-19(2,16-6-8-18(22)9-7-16)14-15-20(3,4)17-10-12-21(5,23)13-11-17/h16-18,22-23H,6-15H2,1-5H3. The molecular weight excluding hydrogens is 284 g/mol. The van der Waals surface area contributed by atoms with Crippen LogP contribution in [-0.2, 0) is 0 Å². The molecule has 0 atom stereocenters. The van der Waals surface area contributed by atoms with Crippen molar-refractivity contribution >= 4 is 0 Å². The van der Waals surface area contributed by atoms with E-state index in [0.29, 0.717) is 10.8 Å². The number of aliphatic hydroxyl groups is 2. The second-order valence-corrected chi connectivity index (χ2v) is 10.3. The Morgan fingerprint density at radius 3 is 1.61 bits per heavy atom. The molecule has 2 heteroatoms. The lowest BCUT2D eigenvalue weighted by atomic mass is 9.62. The van der Waals surface area contributed by atoms with Gasteiger partial charge in [-0.2, -0.15) is 0 Å². The minimum absolute atomic E-state index is 0.0477. The van der Waals surface area contributed by atoms with Crippen molar-refractivity contribution in [1.29, 1.82) is 0 Å². The van der Waals surface area contributed by atoms with Crippen molar-refractivity contribution in [2.75, 3.05) is 0 Å². The molecule has 2 saturated carbocycles. The minimum Gasteiger partial charge on any atom is -0.393 e. The Labute approximate surface area is 144 Å². The second-order valence-electron chi connectivity index (χ2n) is 10.3. The lowest BCUT2D eigenvalue weighted by molar-refractivity contribution is -0.0184. The van der Waals surface area contributed by atoms with E-state index in [1.54, 1.807) is 0 Å². The van der Waals surface area contributed by atoms with E-state index < -0.39 is 5.60 Å². The highest BCUT2D eigenvalue weighted by atomic mass is 16.3. The molecule has 2 rings (SSSR count). The van der Waals surface area contributed by atoms with Gasteiger partial charge in [-0.15, -0.1) is 0 Å². The molecule has 0 unspecified atom stereocenters. The van der Waals surface area contributed by atoms with Crippen LogP contribution < -0.4 is 0 Å². The van der Waals surface area contributed by atoms with Gasteiger partial charge in [-0.3, -0.25) is 0 Å². The summed E-state index contributed by atoms with van der Waals surface area (Å²) in [6, 6.07) is 0. The first kappa shape index (κ1) is 19.2. The summed E-state index contributed by atoms with van der Waals surface area (Å²) in [5.74, 6) is 1.53. The van der Waals surface area contributed by atoms with Gasteiger partial charge in [0.25, 0.3) is 0 Å². The number of aliphatic hydroxyl groups excluding tert-OH is 1. The van der Waals surface area contributed by atoms with Gasteiger partial charge in [-0.25, -0.2) is 0 Å². The van der Waals surface area contributed by atoms with Crippen LogP contribution in [0.1, 0.15) is 98.8 Å². The van der Waals surface area contributed by atoms with E-state index in [9.17, 15) is 10.2 Å². The smallest absolute Gasteiger partial charge is 0.0620 e. The summed E-state index contributed by atoms with van der Waals surface area (Å²) in [6.45, 7) is 11.8. The van der Waals surface area contributed by atoms with Crippen molar-refractivity contribution in [3.05, 3.63) is 0 Å². The third kappa shape index (κ3) is 5.19. The summed E-state index contributed by atoms with van der Waals surface area (Å²) in [5.41, 5.74) is 0.342. The first-order valence-corrected chi connectivity index (χ1v) is 9.92. The normalized spacial score (nSPS) is 36.9. The van der Waals surface area contributed by atoms with E-state index in [4.69, 9.17) is 0 Å². The maximum atomic E-state index is 10.2. The molecule has 0 aliphatic heterocycles. The summed E-state index contributed by atoms with van der Waals surface area (Å²) in [4.78, 5) is 0. The minimum atomic E-state index is -0.422. The van der Waals surface area contributed by atoms with Crippen LogP contribution in [0, 0.1) is 22.7 Å². The van der Waals surface area contributed by atoms with Gasteiger partial charge in [-0.1, -0.05) is 27.7 Å². The van der Waals surface area contributed by atoms with Crippen LogP contribution in [0.5, 0.6) is 0 Å². The van der Waals surface area contributed by atoms with Crippen LogP contribution >= 0.6 is 0 Å². The van der Waals surface area contributed by atoms with Crippen LogP contribution in [0.15, 0.2) is 0 Å². The van der Waals surface area contributed by atoms with Gasteiger partial charge in [0.05, 0.1) is 11.7 Å². The number of hydrogen-bond acceptors (Lipinski definition) is 2. The topological polar surface area (TPSA) is 40.5 Å². The Morgan fingerprint density at radius 2 is 1.17 bits per heavy atom. The number of hydrogen-bond donors (Lipinski definition) is 2. The second kappa shape index (κ2) is 7.04. The van der Waals surface area contributed by atoms with Crippen molar-refractivity contribution < 1.29 is 10.2 Å². The summed E-state index contributed by atoms with van der Waals surface area (Å²) in [5, 5.41) is 19.9. The van der Waals surface area contributed by atoms with Gasteiger partial charge < -0.3 is 10.2 Å². The molecule has 136 valence electrons. The zero-order valence-corrected chi connectivity index (χ0v) is 16.2. The lowest BCUT2D eigenvalue weighted by Crippen LogP contribution is -2.37. The third-order valence-corrected chi connectivity index (χ3v) is 7.38. The average molecular weight is 325 g/mol. The van der Waals surface area contributed by atoms with Gasteiger partial charge in [0.15, 0.2) is 0 Å². The van der Waals surface area contributed by atoms with E-state index in [-0.39, 0.29) is 6.10 Å². The highest BCUT2D eigenvalue weighted by Gasteiger charge is 2.39. The fraction of sp³-hybridized carbons (Fsp3) is 1.00. The van der Waals surface area contributed by atoms with E-state index in [0.717, 1.165) is 37.5 Å². The van der Waals surface area contributed by atoms with Crippen molar-refractivity contribution in [2.24, 2.45) is 22.7 Å². The first-order valence-electron chi connectivity index (χ1n) is 9.92. The largest absolute Gasteiger partial charge is 0.393 e. The van der Waals surface area contributed by atoms with E-state index in [1.807, 2.05) is 6.92 Å². The molecule has 0 heterocycles. The lowest BCUT2D eigenvalue weighted by Gasteiger charge is -2.44. The van der Waals surface area contributed by atoms with Crippen molar-refractivity contribution in [2.45, 2.75) is 111 Å². The van der Waals surface area contributed by atoms with Gasteiger partial charge in [0.2, 0.25) is 0 Å². The maximum absolute atomic E-state index is 10.2. The SMILES string of the molecule is CC1(O)CCC(C(C)(C)CCC(C)(C)C2CCC(O)CC2)CC1. The molecule has 0 radical (unpaired) electrons. The molecule has 2 aliphatic rings. The fourth-order valence-corrected chi connectivity index (χ4v) is 4.93. The Hall–Kier alpha value is -0.0800. The summed E-state index contributed by atoms with van der Waals surface area (Å²) >= 11 is 0. The maximum Gasteiger partial charge on any atom is 0.0620 e. The van der Waals surface area contributed by atoms with Crippen LogP contribution in [0.25, 0.3) is 0 Å². The molecule has 0 aromatic carbocycles. The molecule has 0 aromatic rings. The van der Waals surface area contributed by atoms with Gasteiger partial charge in [-0.05, 0) is 93.8 Å². The Morgan fingerprint density at radius 1 is 0.783 bits per heavy atom. The zero-order valence-electron chi connectivity index (χ0n) is 16.2. The highest BCUT2D eigenvalue weighted by molar-refractivity contribution is 4.90. The fourth-order valence-electron chi connectivity index (χ4n) is 4.93. The van der Waals surface area contributed by atoms with E-state index >= 15 is 0 Å². The Kier molecular flexibility index (Phi) is 5.89. The van der Waals surface area contributed by atoms with E-state index in [2.05, 4.69) is 27.7 Å². The molecule has 0 bridgehead atoms. The zero-order chi connectivity index (χ0) is 17.3. The molecule has 2 aliphatic carbocycles. The average Bonchev–Trinajstić information content (AvgIpc) is 2.45. The van der Waals surface area contributed by atoms with E-state index in [1.165, 1.54) is 38.5 Å². The number of rotatable bonds is 5. The molecule has 0 aromatic heterocycles. The Balaban J connectivity index is 1.85. The van der Waals surface area contributed by atoms with Crippen molar-refractivity contribution in [3.63, 3.8) is 0 Å². The molecule has 2 fully saturated rings. The molecule has 0 spiro atoms. The summed E-state index contributed by atoms with van der Waals surface area (Å²) < 4.78 is 0. The van der Waals surface area contributed by atoms with Gasteiger partial charge in [0, 0.05) is 0 Å². The van der Waals surface area contributed by atoms with Crippen molar-refractivity contribution in [3.8, 4) is 0 Å². The molecule has 23 heavy (non-hydrogen) atoms. The third-order valence-electron chi connectivity index (χ3n) is 7.38. The van der Waals surface area contributed by atoms with Crippen LogP contribution in [0.4, 0.5) is 0 Å². The Bertz CT molecular complexity index is 365. The van der Waals surface area contributed by atoms with Gasteiger partial charge in [0.1, 0.15) is 0 Å². The molecule has 0 saturated heterocycles. The summed E-state index contributed by atoms with van der Waals surface area (Å²) in [7, 11) is 0. The van der Waals surface area contributed by atoms with Crippen LogP contribution in [0.2, 0.25) is 0 Å². The molecule has 2 N–H and O–H groups in total. The molecule has 2 nitrogen and oxygen atoms in total. The first-order chi connectivity index (χ1) is 10.5. The van der Waals surface area contributed by atoms with Gasteiger partial charge >= 0.3 is 0 Å². The van der Waals surface area contributed by atoms with Crippen LogP contribution in [-0.4, -0.2) is 21.9 Å². The quantitative estimate of drug-likeness (QED) is 0.719. The molecule has 0 amide bonds. The highest BCUT2D eigenvalue weighted by Crippen LogP contribution is 2.48. The predicted octanol–water partition coefficient (Wildman–Crippen LogP) is 5.31. The monoisotopic (exact) mass is 324 g/mol. The molecular formula is C21H40O2. The predicted molar refractivity (Wildman–Crippen MR) is 97.3 cm³/mol. The summed E-state index contributed by atoms with van der Waals surface area (Å²) in [6.07, 6.45) is 11.2. The van der Waals surface area contributed by atoms with Crippen LogP contribution in [0.3, 0.4) is 0 Å². The van der Waals surface area contributed by atoms with Crippen molar-refractivity contribution in [1.82, 2.24) is 0 Å².